The first kappa shape index (κ1) is 31.4. The van der Waals surface area contributed by atoms with Crippen molar-refractivity contribution >= 4 is 12.4 Å². The van der Waals surface area contributed by atoms with Gasteiger partial charge in [0.1, 0.15) is 11.5 Å². The van der Waals surface area contributed by atoms with Gasteiger partial charge in [0.25, 0.3) is 0 Å². The first-order valence-corrected chi connectivity index (χ1v) is 14.4. The molecule has 1 aliphatic rings. The molecular weight excluding hydrogens is 492 g/mol. The fraction of sp³-hybridized carbons (Fsp3) is 0.500. The number of rotatable bonds is 4. The normalized spacial score (nSPS) is 18.8. The van der Waals surface area contributed by atoms with Gasteiger partial charge in [-0.3, -0.25) is 9.98 Å². The predicted molar refractivity (Wildman–Crippen MR) is 172 cm³/mol. The Morgan fingerprint density at radius 2 is 0.850 bits per heavy atom. The highest BCUT2D eigenvalue weighted by molar-refractivity contribution is 5.86. The van der Waals surface area contributed by atoms with Crippen LogP contribution in [-0.2, 0) is 21.7 Å². The van der Waals surface area contributed by atoms with Gasteiger partial charge in [-0.25, -0.2) is 0 Å². The van der Waals surface area contributed by atoms with Crippen molar-refractivity contribution < 1.29 is 10.2 Å². The van der Waals surface area contributed by atoms with E-state index in [1.807, 2.05) is 36.4 Å². The zero-order valence-electron chi connectivity index (χ0n) is 26.7. The van der Waals surface area contributed by atoms with E-state index in [0.717, 1.165) is 22.3 Å². The SMILES string of the molecule is CC(C)(C)c1cc(C=NC2C=CC=CC2N=Cc2cc(C(C)(C)C)cc(C(C)(C)C)c2O)c(O)c(C(C)(C)C)c1. The number of hydrogen-bond donors (Lipinski definition) is 2. The summed E-state index contributed by atoms with van der Waals surface area (Å²) in [4.78, 5) is 9.78. The van der Waals surface area contributed by atoms with Crippen LogP contribution < -0.4 is 0 Å². The van der Waals surface area contributed by atoms with Gasteiger partial charge in [0.15, 0.2) is 0 Å². The molecule has 2 aromatic carbocycles. The van der Waals surface area contributed by atoms with Gasteiger partial charge < -0.3 is 10.2 Å². The zero-order valence-corrected chi connectivity index (χ0v) is 26.7. The molecule has 0 heterocycles. The van der Waals surface area contributed by atoms with Gasteiger partial charge in [-0.15, -0.1) is 0 Å². The second-order valence-electron chi connectivity index (χ2n) is 15.2. The molecule has 0 spiro atoms. The van der Waals surface area contributed by atoms with Crippen molar-refractivity contribution in [3.05, 3.63) is 82.0 Å². The van der Waals surface area contributed by atoms with Crippen molar-refractivity contribution in [2.75, 3.05) is 0 Å². The van der Waals surface area contributed by atoms with Crippen LogP contribution in [0.15, 0.2) is 58.6 Å². The number of aliphatic imine (C=N–C) groups is 2. The third kappa shape index (κ3) is 7.33. The second kappa shape index (κ2) is 11.0. The van der Waals surface area contributed by atoms with Crippen molar-refractivity contribution in [2.24, 2.45) is 9.98 Å². The van der Waals surface area contributed by atoms with Gasteiger partial charge in [0.2, 0.25) is 0 Å². The van der Waals surface area contributed by atoms with Crippen LogP contribution in [0.4, 0.5) is 0 Å². The van der Waals surface area contributed by atoms with Crippen molar-refractivity contribution in [1.29, 1.82) is 0 Å². The van der Waals surface area contributed by atoms with Crippen LogP contribution >= 0.6 is 0 Å². The van der Waals surface area contributed by atoms with Crippen LogP contribution in [0.2, 0.25) is 0 Å². The van der Waals surface area contributed by atoms with Crippen LogP contribution in [0.3, 0.4) is 0 Å². The molecule has 2 aromatic rings. The van der Waals surface area contributed by atoms with Crippen molar-refractivity contribution in [3.63, 3.8) is 0 Å². The second-order valence-corrected chi connectivity index (χ2v) is 15.2. The maximum Gasteiger partial charge on any atom is 0.128 e. The standard InChI is InChI=1S/C36H50N2O2/c1-33(2,3)25-17-23(31(39)27(19-25)35(7,8)9)21-37-29-15-13-14-16-30(29)38-22-24-18-26(34(4,5)6)20-28(32(24)40)36(10,11)12/h13-22,29-30,39-40H,1-12H3. The number of phenolic OH excluding ortho intramolecular Hbond substituents is 2. The van der Waals surface area contributed by atoms with E-state index in [1.165, 1.54) is 0 Å². The van der Waals surface area contributed by atoms with E-state index in [0.29, 0.717) is 11.1 Å². The number of nitrogens with zero attached hydrogens (tertiary/aromatic N) is 2. The first-order valence-electron chi connectivity index (χ1n) is 14.4. The van der Waals surface area contributed by atoms with Crippen molar-refractivity contribution in [3.8, 4) is 11.5 Å². The van der Waals surface area contributed by atoms with E-state index in [2.05, 4.69) is 95.2 Å². The summed E-state index contributed by atoms with van der Waals surface area (Å²) in [7, 11) is 0. The fourth-order valence-electron chi connectivity index (χ4n) is 4.71. The minimum absolute atomic E-state index is 0.0634. The Bertz CT molecular complexity index is 1240. The van der Waals surface area contributed by atoms with Crippen LogP contribution in [0.25, 0.3) is 0 Å². The molecule has 1 aliphatic carbocycles. The summed E-state index contributed by atoms with van der Waals surface area (Å²) >= 11 is 0. The number of phenols is 2. The molecule has 0 amide bonds. The molecule has 40 heavy (non-hydrogen) atoms. The van der Waals surface area contributed by atoms with Crippen molar-refractivity contribution in [1.82, 2.24) is 0 Å². The molecule has 0 radical (unpaired) electrons. The quantitative estimate of drug-likeness (QED) is 0.380. The number of allylic oxidation sites excluding steroid dienone is 2. The minimum atomic E-state index is -0.230. The Kier molecular flexibility index (Phi) is 8.65. The molecule has 0 saturated carbocycles. The lowest BCUT2D eigenvalue weighted by molar-refractivity contribution is 0.443. The van der Waals surface area contributed by atoms with Gasteiger partial charge in [-0.2, -0.15) is 0 Å². The third-order valence-corrected chi connectivity index (χ3v) is 7.48. The lowest BCUT2D eigenvalue weighted by Crippen LogP contribution is -2.21. The number of aromatic hydroxyl groups is 2. The molecule has 0 fully saturated rings. The molecule has 216 valence electrons. The average Bonchev–Trinajstić information content (AvgIpc) is 2.80. The molecule has 0 aliphatic heterocycles. The smallest absolute Gasteiger partial charge is 0.128 e. The van der Waals surface area contributed by atoms with Crippen LogP contribution in [0.1, 0.15) is 116 Å². The van der Waals surface area contributed by atoms with Gasteiger partial charge in [-0.05, 0) is 44.9 Å². The third-order valence-electron chi connectivity index (χ3n) is 7.48. The largest absolute Gasteiger partial charge is 0.507 e. The summed E-state index contributed by atoms with van der Waals surface area (Å²) in [6.45, 7) is 25.8. The molecule has 2 unspecified atom stereocenters. The van der Waals surface area contributed by atoms with E-state index in [-0.39, 0.29) is 45.2 Å². The summed E-state index contributed by atoms with van der Waals surface area (Å²) < 4.78 is 0. The number of hydrogen-bond acceptors (Lipinski definition) is 4. The average molecular weight is 543 g/mol. The molecule has 3 rings (SSSR count). The molecule has 0 saturated heterocycles. The van der Waals surface area contributed by atoms with Crippen LogP contribution in [0.5, 0.6) is 11.5 Å². The maximum absolute atomic E-state index is 11.2. The summed E-state index contributed by atoms with van der Waals surface area (Å²) in [6, 6.07) is 7.86. The monoisotopic (exact) mass is 542 g/mol. The fourth-order valence-corrected chi connectivity index (χ4v) is 4.71. The summed E-state index contributed by atoms with van der Waals surface area (Å²) in [5.74, 6) is 0.552. The lowest BCUT2D eigenvalue weighted by Gasteiger charge is -2.27. The van der Waals surface area contributed by atoms with Gasteiger partial charge in [0.05, 0.1) is 12.1 Å². The van der Waals surface area contributed by atoms with E-state index >= 15 is 0 Å². The van der Waals surface area contributed by atoms with Crippen molar-refractivity contribution in [2.45, 2.75) is 117 Å². The van der Waals surface area contributed by atoms with E-state index in [1.54, 1.807) is 12.4 Å². The topological polar surface area (TPSA) is 65.2 Å². The van der Waals surface area contributed by atoms with E-state index in [9.17, 15) is 10.2 Å². The Labute approximate surface area is 242 Å². The van der Waals surface area contributed by atoms with Crippen LogP contribution in [-0.4, -0.2) is 34.7 Å². The van der Waals surface area contributed by atoms with Gasteiger partial charge in [-0.1, -0.05) is 120 Å². The minimum Gasteiger partial charge on any atom is -0.507 e. The molecule has 4 nitrogen and oxygen atoms in total. The van der Waals surface area contributed by atoms with Gasteiger partial charge >= 0.3 is 0 Å². The van der Waals surface area contributed by atoms with E-state index < -0.39 is 0 Å². The molecule has 4 heteroatoms. The molecule has 2 atom stereocenters. The summed E-state index contributed by atoms with van der Waals surface area (Å²) in [6.07, 6.45) is 11.6. The Morgan fingerprint density at radius 1 is 0.525 bits per heavy atom. The molecule has 2 N–H and O–H groups in total. The van der Waals surface area contributed by atoms with Crippen LogP contribution in [0, 0.1) is 0 Å². The highest BCUT2D eigenvalue weighted by atomic mass is 16.3. The highest BCUT2D eigenvalue weighted by Gasteiger charge is 2.26. The Hall–Kier alpha value is -3.14. The Balaban J connectivity index is 2.01. The predicted octanol–water partition coefficient (Wildman–Crippen LogP) is 8.69. The zero-order chi connectivity index (χ0) is 30.3. The number of benzene rings is 2. The highest BCUT2D eigenvalue weighted by Crippen LogP contribution is 2.38. The van der Waals surface area contributed by atoms with E-state index in [4.69, 9.17) is 9.98 Å². The van der Waals surface area contributed by atoms with Gasteiger partial charge in [0, 0.05) is 34.7 Å². The Morgan fingerprint density at radius 3 is 1.12 bits per heavy atom. The molecular formula is C36H50N2O2. The summed E-state index contributed by atoms with van der Waals surface area (Å²) in [5, 5.41) is 22.4. The molecule has 0 aromatic heterocycles. The summed E-state index contributed by atoms with van der Waals surface area (Å²) in [5.41, 5.74) is 5.05. The molecule has 0 bridgehead atoms. The maximum atomic E-state index is 11.2. The first-order chi connectivity index (χ1) is 18.2. The lowest BCUT2D eigenvalue weighted by atomic mass is 9.79.